The number of rotatable bonds is 5. The second-order valence-electron chi connectivity index (χ2n) is 7.01. The van der Waals surface area contributed by atoms with E-state index in [0.717, 1.165) is 16.7 Å². The fourth-order valence-corrected chi connectivity index (χ4v) is 5.39. The Labute approximate surface area is 170 Å². The van der Waals surface area contributed by atoms with Crippen molar-refractivity contribution >= 4 is 10.0 Å². The minimum Gasteiger partial charge on any atom is -0.497 e. The summed E-state index contributed by atoms with van der Waals surface area (Å²) in [5.41, 5.74) is 3.10. The van der Waals surface area contributed by atoms with E-state index < -0.39 is 10.0 Å². The molecule has 1 atom stereocenters. The number of ether oxygens (including phenoxy) is 2. The summed E-state index contributed by atoms with van der Waals surface area (Å²) in [6.07, 6.45) is 3.73. The lowest BCUT2D eigenvalue weighted by Crippen LogP contribution is -2.38. The molecule has 152 valence electrons. The van der Waals surface area contributed by atoms with Crippen molar-refractivity contribution in [2.75, 3.05) is 20.8 Å². The zero-order chi connectivity index (χ0) is 20.6. The number of aromatic nitrogens is 2. The van der Waals surface area contributed by atoms with Crippen molar-refractivity contribution in [2.24, 2.45) is 7.05 Å². The number of benzene rings is 2. The highest BCUT2D eigenvalue weighted by Crippen LogP contribution is 2.38. The molecule has 0 N–H and O–H groups in total. The van der Waals surface area contributed by atoms with Gasteiger partial charge in [0, 0.05) is 38.3 Å². The van der Waals surface area contributed by atoms with Crippen molar-refractivity contribution in [3.63, 3.8) is 0 Å². The number of fused-ring (bicyclic) bond motifs is 1. The SMILES string of the molecule is COc1ccc(OC)c(S(=O)(=O)N2Cc3ccccc3C(c3cnn(C)c3)C2)c1. The molecule has 4 rings (SSSR count). The largest absolute Gasteiger partial charge is 0.497 e. The van der Waals surface area contributed by atoms with Gasteiger partial charge in [0.05, 0.1) is 20.4 Å². The molecule has 0 bridgehead atoms. The zero-order valence-corrected chi connectivity index (χ0v) is 17.4. The summed E-state index contributed by atoms with van der Waals surface area (Å²) < 4.78 is 41.0. The lowest BCUT2D eigenvalue weighted by atomic mass is 9.87. The Bertz CT molecular complexity index is 1140. The molecule has 1 aliphatic rings. The summed E-state index contributed by atoms with van der Waals surface area (Å²) in [6, 6.07) is 12.8. The fraction of sp³-hybridized carbons (Fsp3) is 0.286. The standard InChI is InChI=1S/C21H23N3O4S/c1-23-12-16(11-22-23)19-14-24(13-15-6-4-5-7-18(15)19)29(25,26)21-10-17(27-2)8-9-20(21)28-3/h4-12,19H,13-14H2,1-3H3. The fourth-order valence-electron chi connectivity index (χ4n) is 3.79. The van der Waals surface area contributed by atoms with Crippen molar-refractivity contribution in [3.05, 3.63) is 71.5 Å². The quantitative estimate of drug-likeness (QED) is 0.643. The van der Waals surface area contributed by atoms with Gasteiger partial charge in [0.2, 0.25) is 10.0 Å². The van der Waals surface area contributed by atoms with E-state index in [-0.39, 0.29) is 10.8 Å². The van der Waals surface area contributed by atoms with Crippen LogP contribution in [0.25, 0.3) is 0 Å². The van der Waals surface area contributed by atoms with Crippen LogP contribution in [0.1, 0.15) is 22.6 Å². The van der Waals surface area contributed by atoms with Crippen LogP contribution in [0.4, 0.5) is 0 Å². The molecular weight excluding hydrogens is 390 g/mol. The first-order chi connectivity index (χ1) is 13.9. The van der Waals surface area contributed by atoms with Gasteiger partial charge in [-0.25, -0.2) is 8.42 Å². The average molecular weight is 413 g/mol. The summed E-state index contributed by atoms with van der Waals surface area (Å²) in [5.74, 6) is 0.660. The molecule has 8 heteroatoms. The molecule has 29 heavy (non-hydrogen) atoms. The van der Waals surface area contributed by atoms with Crippen LogP contribution in [0.3, 0.4) is 0 Å². The van der Waals surface area contributed by atoms with E-state index in [2.05, 4.69) is 11.2 Å². The number of hydrogen-bond acceptors (Lipinski definition) is 5. The number of methoxy groups -OCH3 is 2. The van der Waals surface area contributed by atoms with Gasteiger partial charge in [0.1, 0.15) is 16.4 Å². The molecule has 0 aliphatic carbocycles. The maximum atomic E-state index is 13.6. The number of nitrogens with zero attached hydrogens (tertiary/aromatic N) is 3. The molecule has 3 aromatic rings. The molecule has 2 heterocycles. The lowest BCUT2D eigenvalue weighted by Gasteiger charge is -2.34. The van der Waals surface area contributed by atoms with Crippen LogP contribution in [0.5, 0.6) is 11.5 Å². The van der Waals surface area contributed by atoms with Crippen LogP contribution in [0, 0.1) is 0 Å². The topological polar surface area (TPSA) is 73.7 Å². The Balaban J connectivity index is 1.80. The Morgan fingerprint density at radius 2 is 1.90 bits per heavy atom. The molecule has 1 aromatic heterocycles. The third-order valence-corrected chi connectivity index (χ3v) is 7.11. The van der Waals surface area contributed by atoms with E-state index in [0.29, 0.717) is 24.6 Å². The monoisotopic (exact) mass is 413 g/mol. The van der Waals surface area contributed by atoms with Gasteiger partial charge < -0.3 is 9.47 Å². The molecule has 0 radical (unpaired) electrons. The summed E-state index contributed by atoms with van der Waals surface area (Å²) in [4.78, 5) is 0.101. The second-order valence-corrected chi connectivity index (χ2v) is 8.92. The smallest absolute Gasteiger partial charge is 0.247 e. The van der Waals surface area contributed by atoms with E-state index in [1.165, 1.54) is 24.6 Å². The van der Waals surface area contributed by atoms with Crippen molar-refractivity contribution in [1.82, 2.24) is 14.1 Å². The van der Waals surface area contributed by atoms with E-state index in [1.807, 2.05) is 31.4 Å². The van der Waals surface area contributed by atoms with Gasteiger partial charge in [-0.3, -0.25) is 4.68 Å². The maximum absolute atomic E-state index is 13.6. The zero-order valence-electron chi connectivity index (χ0n) is 16.6. The van der Waals surface area contributed by atoms with Crippen molar-refractivity contribution < 1.29 is 17.9 Å². The van der Waals surface area contributed by atoms with Crippen molar-refractivity contribution in [2.45, 2.75) is 17.4 Å². The summed E-state index contributed by atoms with van der Waals surface area (Å²) in [7, 11) is 1.01. The summed E-state index contributed by atoms with van der Waals surface area (Å²) >= 11 is 0. The Kier molecular flexibility index (Phi) is 5.06. The van der Waals surface area contributed by atoms with E-state index in [9.17, 15) is 8.42 Å². The number of sulfonamides is 1. The molecule has 1 unspecified atom stereocenters. The normalized spacial score (nSPS) is 17.0. The van der Waals surface area contributed by atoms with Gasteiger partial charge in [-0.05, 0) is 28.8 Å². The lowest BCUT2D eigenvalue weighted by molar-refractivity contribution is 0.361. The van der Waals surface area contributed by atoms with Gasteiger partial charge in [-0.15, -0.1) is 0 Å². The van der Waals surface area contributed by atoms with Gasteiger partial charge in [0.15, 0.2) is 0 Å². The molecule has 0 amide bonds. The van der Waals surface area contributed by atoms with Gasteiger partial charge in [0.25, 0.3) is 0 Å². The highest BCUT2D eigenvalue weighted by atomic mass is 32.2. The molecule has 0 spiro atoms. The highest BCUT2D eigenvalue weighted by Gasteiger charge is 2.36. The van der Waals surface area contributed by atoms with Crippen molar-refractivity contribution in [1.29, 1.82) is 0 Å². The van der Waals surface area contributed by atoms with Crippen LogP contribution >= 0.6 is 0 Å². The Hall–Kier alpha value is -2.84. The van der Waals surface area contributed by atoms with Crippen LogP contribution in [-0.4, -0.2) is 43.3 Å². The molecule has 1 aliphatic heterocycles. The predicted molar refractivity (Wildman–Crippen MR) is 109 cm³/mol. The highest BCUT2D eigenvalue weighted by molar-refractivity contribution is 7.89. The molecule has 7 nitrogen and oxygen atoms in total. The maximum Gasteiger partial charge on any atom is 0.247 e. The predicted octanol–water partition coefficient (Wildman–Crippen LogP) is 2.77. The van der Waals surface area contributed by atoms with Gasteiger partial charge >= 0.3 is 0 Å². The van der Waals surface area contributed by atoms with Crippen LogP contribution in [-0.2, 0) is 23.6 Å². The van der Waals surface area contributed by atoms with E-state index in [4.69, 9.17) is 9.47 Å². The molecule has 0 saturated heterocycles. The first-order valence-electron chi connectivity index (χ1n) is 9.22. The first-order valence-corrected chi connectivity index (χ1v) is 10.7. The molecule has 0 fully saturated rings. The minimum absolute atomic E-state index is 0.0972. The van der Waals surface area contributed by atoms with Crippen LogP contribution < -0.4 is 9.47 Å². The van der Waals surface area contributed by atoms with Gasteiger partial charge in [-0.2, -0.15) is 9.40 Å². The van der Waals surface area contributed by atoms with Crippen LogP contribution in [0.15, 0.2) is 59.8 Å². The molecule has 0 saturated carbocycles. The van der Waals surface area contributed by atoms with E-state index >= 15 is 0 Å². The van der Waals surface area contributed by atoms with Gasteiger partial charge in [-0.1, -0.05) is 24.3 Å². The molecular formula is C21H23N3O4S. The number of hydrogen-bond donors (Lipinski definition) is 0. The van der Waals surface area contributed by atoms with E-state index in [1.54, 1.807) is 23.0 Å². The minimum atomic E-state index is -3.81. The number of aryl methyl sites for hydroxylation is 1. The van der Waals surface area contributed by atoms with Crippen LogP contribution in [0.2, 0.25) is 0 Å². The Morgan fingerprint density at radius 3 is 2.59 bits per heavy atom. The second kappa shape index (κ2) is 7.53. The van der Waals surface area contributed by atoms with Crippen molar-refractivity contribution in [3.8, 4) is 11.5 Å². The summed E-state index contributed by atoms with van der Waals surface area (Å²) in [5, 5.41) is 4.27. The molecule has 2 aromatic carbocycles. The summed E-state index contributed by atoms with van der Waals surface area (Å²) in [6.45, 7) is 0.626. The average Bonchev–Trinajstić information content (AvgIpc) is 3.18. The first kappa shape index (κ1) is 19.5. The third-order valence-electron chi connectivity index (χ3n) is 5.28. The third kappa shape index (κ3) is 3.49. The Morgan fingerprint density at radius 1 is 1.10 bits per heavy atom.